The molecule has 21 heavy (non-hydrogen) atoms. The van der Waals surface area contributed by atoms with E-state index in [1.54, 1.807) is 0 Å². The molecule has 1 aliphatic rings. The van der Waals surface area contributed by atoms with Crippen molar-refractivity contribution in [2.24, 2.45) is 11.7 Å². The largest absolute Gasteiger partial charge is 0.361 e. The Bertz CT molecular complexity index is 648. The number of hydrogen-bond donors (Lipinski definition) is 3. The third kappa shape index (κ3) is 2.44. The summed E-state index contributed by atoms with van der Waals surface area (Å²) in [5, 5.41) is 4.30. The van der Waals surface area contributed by atoms with E-state index in [4.69, 9.17) is 5.73 Å². The lowest BCUT2D eigenvalue weighted by molar-refractivity contribution is 0.0814. The standard InChI is InChI=1S/C17H23N3O/c1-12-5-2-3-9-17(12,11-18)20-16(21)14-7-4-6-13-8-10-19-15(13)14/h4,6-8,10,12,19H,2-3,5,9,11,18H2,1H3,(H,20,21). The van der Waals surface area contributed by atoms with Crippen LogP contribution in [0.3, 0.4) is 0 Å². The molecule has 3 rings (SSSR count). The lowest BCUT2D eigenvalue weighted by Crippen LogP contribution is -2.59. The van der Waals surface area contributed by atoms with Gasteiger partial charge in [-0.3, -0.25) is 4.79 Å². The van der Waals surface area contributed by atoms with Crippen molar-refractivity contribution in [2.45, 2.75) is 38.1 Å². The molecule has 0 radical (unpaired) electrons. The zero-order valence-electron chi connectivity index (χ0n) is 12.5. The maximum Gasteiger partial charge on any atom is 0.253 e. The highest BCUT2D eigenvalue weighted by Crippen LogP contribution is 2.33. The van der Waals surface area contributed by atoms with Gasteiger partial charge < -0.3 is 16.0 Å². The van der Waals surface area contributed by atoms with Gasteiger partial charge in [-0.25, -0.2) is 0 Å². The lowest BCUT2D eigenvalue weighted by atomic mass is 9.73. The zero-order chi connectivity index (χ0) is 14.9. The van der Waals surface area contributed by atoms with E-state index in [2.05, 4.69) is 17.2 Å². The SMILES string of the molecule is CC1CCCCC1(CN)NC(=O)c1cccc2cc[nH]c12. The molecule has 1 heterocycles. The average Bonchev–Trinajstić information content (AvgIpc) is 2.98. The summed E-state index contributed by atoms with van der Waals surface area (Å²) in [5.41, 5.74) is 7.36. The predicted molar refractivity (Wildman–Crippen MR) is 85.2 cm³/mol. The second-order valence-electron chi connectivity index (χ2n) is 6.21. The molecular weight excluding hydrogens is 262 g/mol. The minimum atomic E-state index is -0.260. The molecule has 2 unspecified atom stereocenters. The van der Waals surface area contributed by atoms with E-state index in [-0.39, 0.29) is 11.4 Å². The third-order valence-corrected chi connectivity index (χ3v) is 5.01. The first-order valence-electron chi connectivity index (χ1n) is 7.75. The van der Waals surface area contributed by atoms with Crippen LogP contribution in [0.25, 0.3) is 10.9 Å². The molecular formula is C17H23N3O. The summed E-state index contributed by atoms with van der Waals surface area (Å²) in [6.07, 6.45) is 6.32. The molecule has 2 atom stereocenters. The topological polar surface area (TPSA) is 70.9 Å². The number of fused-ring (bicyclic) bond motifs is 1. The Hall–Kier alpha value is -1.81. The van der Waals surface area contributed by atoms with Crippen molar-refractivity contribution in [3.63, 3.8) is 0 Å². The number of rotatable bonds is 3. The van der Waals surface area contributed by atoms with E-state index >= 15 is 0 Å². The number of hydrogen-bond acceptors (Lipinski definition) is 2. The van der Waals surface area contributed by atoms with Crippen LogP contribution in [-0.4, -0.2) is 23.0 Å². The number of aromatic amines is 1. The fourth-order valence-electron chi connectivity index (χ4n) is 3.52. The van der Waals surface area contributed by atoms with Crippen LogP contribution in [0.2, 0.25) is 0 Å². The highest BCUT2D eigenvalue weighted by Gasteiger charge is 2.38. The number of aromatic nitrogens is 1. The highest BCUT2D eigenvalue weighted by molar-refractivity contribution is 6.06. The van der Waals surface area contributed by atoms with Crippen LogP contribution in [0, 0.1) is 5.92 Å². The summed E-state index contributed by atoms with van der Waals surface area (Å²) in [5.74, 6) is 0.394. The molecule has 4 N–H and O–H groups in total. The minimum absolute atomic E-state index is 0.0257. The van der Waals surface area contributed by atoms with E-state index in [0.29, 0.717) is 18.0 Å². The van der Waals surface area contributed by atoms with Gasteiger partial charge in [-0.05, 0) is 30.9 Å². The minimum Gasteiger partial charge on any atom is -0.361 e. The van der Waals surface area contributed by atoms with Crippen molar-refractivity contribution in [1.29, 1.82) is 0 Å². The van der Waals surface area contributed by atoms with Gasteiger partial charge in [0.1, 0.15) is 0 Å². The number of carbonyl (C=O) groups is 1. The molecule has 1 aromatic heterocycles. The van der Waals surface area contributed by atoms with Crippen LogP contribution >= 0.6 is 0 Å². The smallest absolute Gasteiger partial charge is 0.253 e. The van der Waals surface area contributed by atoms with Gasteiger partial charge in [0, 0.05) is 18.1 Å². The predicted octanol–water partition coefficient (Wildman–Crippen LogP) is 2.81. The summed E-state index contributed by atoms with van der Waals surface area (Å²) in [6.45, 7) is 2.70. The summed E-state index contributed by atoms with van der Waals surface area (Å²) < 4.78 is 0. The van der Waals surface area contributed by atoms with E-state index in [9.17, 15) is 4.79 Å². The molecule has 0 saturated heterocycles. The summed E-state index contributed by atoms with van der Waals surface area (Å²) in [4.78, 5) is 15.9. The van der Waals surface area contributed by atoms with Crippen LogP contribution in [0.4, 0.5) is 0 Å². The Morgan fingerprint density at radius 3 is 3.05 bits per heavy atom. The van der Waals surface area contributed by atoms with Gasteiger partial charge in [0.15, 0.2) is 0 Å². The molecule has 0 spiro atoms. The number of carbonyl (C=O) groups excluding carboxylic acids is 1. The number of benzene rings is 1. The Morgan fingerprint density at radius 2 is 2.29 bits per heavy atom. The van der Waals surface area contributed by atoms with Crippen LogP contribution < -0.4 is 11.1 Å². The van der Waals surface area contributed by atoms with E-state index < -0.39 is 0 Å². The molecule has 0 aliphatic heterocycles. The van der Waals surface area contributed by atoms with Crippen LogP contribution in [0.15, 0.2) is 30.5 Å². The Balaban J connectivity index is 1.90. The van der Waals surface area contributed by atoms with Crippen LogP contribution in [0.5, 0.6) is 0 Å². The molecule has 112 valence electrons. The van der Waals surface area contributed by atoms with Crippen LogP contribution in [0.1, 0.15) is 43.0 Å². The first-order valence-corrected chi connectivity index (χ1v) is 7.75. The summed E-state index contributed by atoms with van der Waals surface area (Å²) in [7, 11) is 0. The van der Waals surface area contributed by atoms with Crippen molar-refractivity contribution in [3.8, 4) is 0 Å². The fourth-order valence-corrected chi connectivity index (χ4v) is 3.52. The lowest BCUT2D eigenvalue weighted by Gasteiger charge is -2.42. The highest BCUT2D eigenvalue weighted by atomic mass is 16.1. The molecule has 1 saturated carbocycles. The summed E-state index contributed by atoms with van der Waals surface area (Å²) in [6, 6.07) is 7.77. The molecule has 2 aromatic rings. The van der Waals surface area contributed by atoms with Gasteiger partial charge in [0.25, 0.3) is 5.91 Å². The first kappa shape index (κ1) is 14.1. The van der Waals surface area contributed by atoms with Gasteiger partial charge in [-0.1, -0.05) is 31.9 Å². The van der Waals surface area contributed by atoms with Crippen molar-refractivity contribution in [1.82, 2.24) is 10.3 Å². The molecule has 4 nitrogen and oxygen atoms in total. The maximum absolute atomic E-state index is 12.7. The molecule has 1 amide bonds. The average molecular weight is 285 g/mol. The molecule has 1 aromatic carbocycles. The Kier molecular flexibility index (Phi) is 3.72. The van der Waals surface area contributed by atoms with E-state index in [0.717, 1.165) is 30.2 Å². The second-order valence-corrected chi connectivity index (χ2v) is 6.21. The molecule has 4 heteroatoms. The van der Waals surface area contributed by atoms with Crippen molar-refractivity contribution in [2.75, 3.05) is 6.54 Å². The number of amides is 1. The van der Waals surface area contributed by atoms with Crippen molar-refractivity contribution >= 4 is 16.8 Å². The molecule has 1 fully saturated rings. The summed E-state index contributed by atoms with van der Waals surface area (Å²) >= 11 is 0. The van der Waals surface area contributed by atoms with Crippen molar-refractivity contribution < 1.29 is 4.79 Å². The van der Waals surface area contributed by atoms with Gasteiger partial charge in [0.05, 0.1) is 16.6 Å². The van der Waals surface area contributed by atoms with Crippen LogP contribution in [-0.2, 0) is 0 Å². The molecule has 0 bridgehead atoms. The number of H-pyrrole nitrogens is 1. The van der Waals surface area contributed by atoms with E-state index in [1.807, 2.05) is 30.5 Å². The molecule has 1 aliphatic carbocycles. The fraction of sp³-hybridized carbons (Fsp3) is 0.471. The normalized spacial score (nSPS) is 25.9. The Labute approximate surface area is 125 Å². The maximum atomic E-state index is 12.7. The monoisotopic (exact) mass is 285 g/mol. The van der Waals surface area contributed by atoms with Gasteiger partial charge in [-0.2, -0.15) is 0 Å². The number of nitrogens with two attached hydrogens (primary N) is 1. The number of nitrogens with one attached hydrogen (secondary N) is 2. The first-order chi connectivity index (χ1) is 10.2. The van der Waals surface area contributed by atoms with Gasteiger partial charge in [0.2, 0.25) is 0 Å². The van der Waals surface area contributed by atoms with Crippen molar-refractivity contribution in [3.05, 3.63) is 36.0 Å². The number of para-hydroxylation sites is 1. The second kappa shape index (κ2) is 5.53. The van der Waals surface area contributed by atoms with E-state index in [1.165, 1.54) is 6.42 Å². The third-order valence-electron chi connectivity index (χ3n) is 5.01. The van der Waals surface area contributed by atoms with Gasteiger partial charge >= 0.3 is 0 Å². The van der Waals surface area contributed by atoms with Gasteiger partial charge in [-0.15, -0.1) is 0 Å². The Morgan fingerprint density at radius 1 is 1.43 bits per heavy atom. The zero-order valence-corrected chi connectivity index (χ0v) is 12.5. The quantitative estimate of drug-likeness (QED) is 0.811.